The second kappa shape index (κ2) is 8.15. The molecule has 1 aliphatic rings. The number of nitrogens with one attached hydrogen (secondary N) is 1. The molecule has 0 atom stereocenters. The van der Waals surface area contributed by atoms with Crippen LogP contribution >= 0.6 is 0 Å². The van der Waals surface area contributed by atoms with E-state index >= 15 is 0 Å². The Morgan fingerprint density at radius 3 is 2.52 bits per heavy atom. The van der Waals surface area contributed by atoms with Crippen molar-refractivity contribution in [2.75, 3.05) is 24.2 Å². The monoisotopic (exact) mass is 430 g/mol. The molecular formula is C18H21F3N4O3S. The molecule has 0 spiro atoms. The number of hydrogen-bond donors (Lipinski definition) is 1. The van der Waals surface area contributed by atoms with Crippen LogP contribution in [0, 0.1) is 5.92 Å². The summed E-state index contributed by atoms with van der Waals surface area (Å²) in [7, 11) is -3.32. The van der Waals surface area contributed by atoms with E-state index in [0.29, 0.717) is 18.5 Å². The second-order valence-electron chi connectivity index (χ2n) is 6.74. The fraction of sp³-hybridized carbons (Fsp3) is 0.444. The Morgan fingerprint density at radius 1 is 1.28 bits per heavy atom. The summed E-state index contributed by atoms with van der Waals surface area (Å²) in [5.41, 5.74) is -0.577. The van der Waals surface area contributed by atoms with Gasteiger partial charge in [0.25, 0.3) is 0 Å². The molecule has 1 aromatic carbocycles. The highest BCUT2D eigenvalue weighted by Gasteiger charge is 2.33. The Kier molecular flexibility index (Phi) is 5.99. The van der Waals surface area contributed by atoms with Crippen LogP contribution in [0.5, 0.6) is 0 Å². The predicted octanol–water partition coefficient (Wildman–Crippen LogP) is 2.89. The molecule has 1 amide bonds. The third-order valence-corrected chi connectivity index (χ3v) is 6.80. The number of amides is 1. The number of carbonyl (C=O) groups is 1. The smallest absolute Gasteiger partial charge is 0.324 e. The van der Waals surface area contributed by atoms with Gasteiger partial charge in [-0.1, -0.05) is 0 Å². The van der Waals surface area contributed by atoms with Gasteiger partial charge in [-0.3, -0.25) is 4.79 Å². The molecule has 0 bridgehead atoms. The highest BCUT2D eigenvalue weighted by Crippen LogP contribution is 2.34. The SMILES string of the molecule is CCS(=O)(=O)N1CCC(C(=O)Nc2cc(C(F)(F)F)ccc2-n2cccn2)CC1. The van der Waals surface area contributed by atoms with Crippen molar-refractivity contribution < 1.29 is 26.4 Å². The van der Waals surface area contributed by atoms with E-state index < -0.39 is 33.6 Å². The van der Waals surface area contributed by atoms with Gasteiger partial charge < -0.3 is 5.32 Å². The van der Waals surface area contributed by atoms with Gasteiger partial charge in [-0.2, -0.15) is 18.3 Å². The first kappa shape index (κ1) is 21.3. The summed E-state index contributed by atoms with van der Waals surface area (Å²) in [5, 5.41) is 6.60. The first-order chi connectivity index (χ1) is 13.6. The number of anilines is 1. The molecule has 1 N–H and O–H groups in total. The zero-order valence-corrected chi connectivity index (χ0v) is 16.5. The van der Waals surface area contributed by atoms with E-state index in [1.807, 2.05) is 0 Å². The number of hydrogen-bond acceptors (Lipinski definition) is 4. The van der Waals surface area contributed by atoms with Crippen molar-refractivity contribution in [1.29, 1.82) is 0 Å². The van der Waals surface area contributed by atoms with Crippen molar-refractivity contribution in [2.45, 2.75) is 25.9 Å². The molecule has 0 saturated carbocycles. The van der Waals surface area contributed by atoms with Gasteiger partial charge in [0.05, 0.1) is 22.7 Å². The van der Waals surface area contributed by atoms with Gasteiger partial charge in [0.15, 0.2) is 0 Å². The zero-order valence-electron chi connectivity index (χ0n) is 15.7. The number of alkyl halides is 3. The minimum Gasteiger partial charge on any atom is -0.324 e. The summed E-state index contributed by atoms with van der Waals surface area (Å²) in [6.07, 6.45) is -0.899. The Hall–Kier alpha value is -2.40. The Labute approximate surface area is 166 Å². The maximum Gasteiger partial charge on any atom is 0.416 e. The summed E-state index contributed by atoms with van der Waals surface area (Å²) >= 11 is 0. The fourth-order valence-electron chi connectivity index (χ4n) is 3.24. The minimum absolute atomic E-state index is 0.00265. The highest BCUT2D eigenvalue weighted by atomic mass is 32.2. The molecule has 11 heteroatoms. The molecule has 7 nitrogen and oxygen atoms in total. The minimum atomic E-state index is -4.55. The van der Waals surface area contributed by atoms with E-state index in [2.05, 4.69) is 10.4 Å². The number of halogens is 3. The quantitative estimate of drug-likeness (QED) is 0.791. The van der Waals surface area contributed by atoms with Crippen molar-refractivity contribution in [3.05, 3.63) is 42.2 Å². The van der Waals surface area contributed by atoms with Crippen molar-refractivity contribution in [3.8, 4) is 5.69 Å². The number of piperidine rings is 1. The van der Waals surface area contributed by atoms with E-state index in [1.54, 1.807) is 19.2 Å². The Morgan fingerprint density at radius 2 is 1.97 bits per heavy atom. The molecule has 1 aromatic heterocycles. The number of carbonyl (C=O) groups excluding carboxylic acids is 1. The lowest BCUT2D eigenvalue weighted by Crippen LogP contribution is -2.42. The summed E-state index contributed by atoms with van der Waals surface area (Å²) in [6.45, 7) is 1.98. The summed E-state index contributed by atoms with van der Waals surface area (Å²) in [5.74, 6) is -0.939. The van der Waals surface area contributed by atoms with Crippen LogP contribution in [0.2, 0.25) is 0 Å². The van der Waals surface area contributed by atoms with Crippen LogP contribution in [0.4, 0.5) is 18.9 Å². The number of sulfonamides is 1. The molecule has 2 aromatic rings. The lowest BCUT2D eigenvalue weighted by atomic mass is 9.97. The molecule has 1 fully saturated rings. The van der Waals surface area contributed by atoms with E-state index in [0.717, 1.165) is 12.1 Å². The lowest BCUT2D eigenvalue weighted by Gasteiger charge is -2.30. The summed E-state index contributed by atoms with van der Waals surface area (Å²) < 4.78 is 66.0. The molecule has 29 heavy (non-hydrogen) atoms. The normalized spacial score (nSPS) is 16.7. The second-order valence-corrected chi connectivity index (χ2v) is 9.00. The van der Waals surface area contributed by atoms with E-state index in [1.165, 1.54) is 21.3 Å². The molecule has 1 aliphatic heterocycles. The third-order valence-electron chi connectivity index (χ3n) is 4.92. The summed E-state index contributed by atoms with van der Waals surface area (Å²) in [4.78, 5) is 12.7. The van der Waals surface area contributed by atoms with Crippen LogP contribution in [-0.2, 0) is 21.0 Å². The number of nitrogens with zero attached hydrogens (tertiary/aromatic N) is 3. The van der Waals surface area contributed by atoms with Crippen LogP contribution in [0.15, 0.2) is 36.7 Å². The fourth-order valence-corrected chi connectivity index (χ4v) is 4.37. The van der Waals surface area contributed by atoms with Crippen molar-refractivity contribution in [1.82, 2.24) is 14.1 Å². The molecule has 0 unspecified atom stereocenters. The number of rotatable bonds is 5. The maximum atomic E-state index is 13.1. The predicted molar refractivity (Wildman–Crippen MR) is 101 cm³/mol. The highest BCUT2D eigenvalue weighted by molar-refractivity contribution is 7.89. The zero-order chi connectivity index (χ0) is 21.2. The van der Waals surface area contributed by atoms with Crippen molar-refractivity contribution >= 4 is 21.6 Å². The Bertz CT molecular complexity index is 967. The van der Waals surface area contributed by atoms with Crippen LogP contribution in [0.1, 0.15) is 25.3 Å². The molecule has 158 valence electrons. The van der Waals surface area contributed by atoms with Gasteiger partial charge in [-0.15, -0.1) is 0 Å². The van der Waals surface area contributed by atoms with Gasteiger partial charge in [0.2, 0.25) is 15.9 Å². The number of aromatic nitrogens is 2. The molecule has 0 radical (unpaired) electrons. The van der Waals surface area contributed by atoms with Crippen LogP contribution in [-0.4, -0.2) is 47.3 Å². The maximum absolute atomic E-state index is 13.1. The molecule has 0 aliphatic carbocycles. The van der Waals surface area contributed by atoms with Gasteiger partial charge in [0, 0.05) is 31.4 Å². The average Bonchev–Trinajstić information content (AvgIpc) is 3.22. The molecule has 2 heterocycles. The third kappa shape index (κ3) is 4.78. The van der Waals surface area contributed by atoms with E-state index in [9.17, 15) is 26.4 Å². The van der Waals surface area contributed by atoms with E-state index in [4.69, 9.17) is 0 Å². The topological polar surface area (TPSA) is 84.3 Å². The van der Waals surface area contributed by atoms with Crippen molar-refractivity contribution in [2.24, 2.45) is 5.92 Å². The van der Waals surface area contributed by atoms with Crippen LogP contribution < -0.4 is 5.32 Å². The standard InChI is InChI=1S/C18H21F3N4O3S/c1-2-29(27,28)24-10-6-13(7-11-24)17(26)23-15-12-14(18(19,20)21)4-5-16(15)25-9-3-8-22-25/h3-5,8-9,12-13H,2,6-7,10-11H2,1H3,(H,23,26). The first-order valence-electron chi connectivity index (χ1n) is 9.12. The average molecular weight is 430 g/mol. The first-order valence-corrected chi connectivity index (χ1v) is 10.7. The number of benzene rings is 1. The van der Waals surface area contributed by atoms with Crippen molar-refractivity contribution in [3.63, 3.8) is 0 Å². The van der Waals surface area contributed by atoms with E-state index in [-0.39, 0.29) is 24.5 Å². The molecule has 3 rings (SSSR count). The summed E-state index contributed by atoms with van der Waals surface area (Å²) in [6, 6.07) is 4.68. The van der Waals surface area contributed by atoms with Gasteiger partial charge in [-0.05, 0) is 44.0 Å². The van der Waals surface area contributed by atoms with Gasteiger partial charge >= 0.3 is 6.18 Å². The lowest BCUT2D eigenvalue weighted by molar-refractivity contribution is -0.137. The largest absolute Gasteiger partial charge is 0.416 e. The molecule has 1 saturated heterocycles. The van der Waals surface area contributed by atoms with Gasteiger partial charge in [-0.25, -0.2) is 17.4 Å². The molecular weight excluding hydrogens is 409 g/mol. The van der Waals surface area contributed by atoms with Gasteiger partial charge in [0.1, 0.15) is 0 Å². The van der Waals surface area contributed by atoms with Crippen LogP contribution in [0.3, 0.4) is 0 Å². The Balaban J connectivity index is 1.79. The van der Waals surface area contributed by atoms with Crippen LogP contribution in [0.25, 0.3) is 5.69 Å².